The summed E-state index contributed by atoms with van der Waals surface area (Å²) in [6, 6.07) is 1.77. The fourth-order valence-corrected chi connectivity index (χ4v) is 2.02. The number of anilines is 1. The minimum absolute atomic E-state index is 0.481. The lowest BCUT2D eigenvalue weighted by Crippen LogP contribution is -2.33. The van der Waals surface area contributed by atoms with Crippen LogP contribution in [-0.2, 0) is 4.74 Å². The van der Waals surface area contributed by atoms with E-state index in [-0.39, 0.29) is 0 Å². The second-order valence-electron chi connectivity index (χ2n) is 3.19. The molecule has 0 atom stereocenters. The lowest BCUT2D eigenvalue weighted by atomic mass is 10.3. The molecule has 1 aliphatic heterocycles. The van der Waals surface area contributed by atoms with Gasteiger partial charge in [0.2, 0.25) is 0 Å². The van der Waals surface area contributed by atoms with Gasteiger partial charge in [-0.3, -0.25) is 0 Å². The summed E-state index contributed by atoms with van der Waals surface area (Å²) < 4.78 is 5.37. The average molecular weight is 246 g/mol. The third-order valence-corrected chi connectivity index (χ3v) is 2.87. The van der Waals surface area contributed by atoms with Crippen molar-refractivity contribution in [1.29, 1.82) is 0 Å². The van der Waals surface area contributed by atoms with E-state index in [1.54, 1.807) is 6.07 Å². The topological polar surface area (TPSA) is 38.2 Å². The summed E-state index contributed by atoms with van der Waals surface area (Å²) in [7, 11) is 0. The quantitative estimate of drug-likeness (QED) is 0.453. The summed E-state index contributed by atoms with van der Waals surface area (Å²) in [6.45, 7) is 2.37. The van der Waals surface area contributed by atoms with Crippen molar-refractivity contribution in [2.24, 2.45) is 0 Å². The molecular formula is C9H12ClN3OS. The van der Waals surface area contributed by atoms with Crippen LogP contribution in [-0.4, -0.2) is 36.1 Å². The molecule has 0 bridgehead atoms. The van der Waals surface area contributed by atoms with E-state index in [1.807, 2.05) is 6.26 Å². The van der Waals surface area contributed by atoms with E-state index in [9.17, 15) is 0 Å². The monoisotopic (exact) mass is 245 g/mol. The Kier molecular flexibility index (Phi) is 3.66. The zero-order valence-corrected chi connectivity index (χ0v) is 10.0. The first-order valence-corrected chi connectivity index (χ1v) is 6.31. The maximum absolute atomic E-state index is 5.92. The highest BCUT2D eigenvalue weighted by atomic mass is 35.5. The van der Waals surface area contributed by atoms with E-state index < -0.39 is 0 Å². The van der Waals surface area contributed by atoms with Crippen molar-refractivity contribution in [3.63, 3.8) is 0 Å². The van der Waals surface area contributed by atoms with Gasteiger partial charge >= 0.3 is 0 Å². The van der Waals surface area contributed by atoms with Crippen LogP contribution in [0.4, 0.5) is 5.82 Å². The molecule has 1 aliphatic rings. The minimum Gasteiger partial charge on any atom is -0.361 e. The van der Waals surface area contributed by atoms with Crippen LogP contribution in [0.15, 0.2) is 11.2 Å². The fourth-order valence-electron chi connectivity index (χ4n) is 1.42. The van der Waals surface area contributed by atoms with Crippen molar-refractivity contribution >= 4 is 29.2 Å². The van der Waals surface area contributed by atoms with E-state index in [1.165, 1.54) is 11.8 Å². The van der Waals surface area contributed by atoms with E-state index in [4.69, 9.17) is 16.3 Å². The Balaban J connectivity index is 2.22. The molecule has 1 aromatic heterocycles. The van der Waals surface area contributed by atoms with Crippen LogP contribution in [0.5, 0.6) is 0 Å². The predicted octanol–water partition coefficient (Wildman–Crippen LogP) is 2.04. The summed E-state index contributed by atoms with van der Waals surface area (Å²) in [5.41, 5.74) is 0. The lowest BCUT2D eigenvalue weighted by molar-refractivity contribution is 0.106. The molecule has 2 rings (SSSR count). The van der Waals surface area contributed by atoms with Crippen LogP contribution in [0.2, 0.25) is 5.15 Å². The largest absolute Gasteiger partial charge is 0.361 e. The number of hydrogen-bond acceptors (Lipinski definition) is 5. The third-order valence-electron chi connectivity index (χ3n) is 2.13. The number of aromatic nitrogens is 2. The van der Waals surface area contributed by atoms with Gasteiger partial charge in [0, 0.05) is 12.6 Å². The Labute approximate surface area is 98.0 Å². The second-order valence-corrected chi connectivity index (χ2v) is 4.35. The summed E-state index contributed by atoms with van der Waals surface area (Å²) in [5, 5.41) is 1.18. The zero-order valence-electron chi connectivity index (χ0n) is 8.44. The molecule has 0 saturated carbocycles. The first-order valence-electron chi connectivity index (χ1n) is 4.71. The SMILES string of the molecule is CSc1nc(Cl)cc(N2CCCOC2)n1. The Bertz CT molecular complexity index is 344. The van der Waals surface area contributed by atoms with Crippen molar-refractivity contribution in [2.45, 2.75) is 11.6 Å². The van der Waals surface area contributed by atoms with Crippen LogP contribution in [0.3, 0.4) is 0 Å². The Hall–Kier alpha value is -0.520. The molecule has 1 fully saturated rings. The van der Waals surface area contributed by atoms with Crippen molar-refractivity contribution in [3.05, 3.63) is 11.2 Å². The molecule has 82 valence electrons. The maximum Gasteiger partial charge on any atom is 0.190 e. The number of rotatable bonds is 2. The molecule has 1 saturated heterocycles. The normalized spacial score (nSPS) is 16.8. The lowest BCUT2D eigenvalue weighted by Gasteiger charge is -2.27. The highest BCUT2D eigenvalue weighted by Gasteiger charge is 2.14. The van der Waals surface area contributed by atoms with Gasteiger partial charge in [0.05, 0.1) is 6.61 Å². The number of ether oxygens (including phenoxy) is 1. The van der Waals surface area contributed by atoms with Gasteiger partial charge in [0.1, 0.15) is 17.7 Å². The molecular weight excluding hydrogens is 234 g/mol. The Morgan fingerprint density at radius 2 is 2.40 bits per heavy atom. The van der Waals surface area contributed by atoms with E-state index in [0.717, 1.165) is 25.4 Å². The number of halogens is 1. The van der Waals surface area contributed by atoms with Gasteiger partial charge in [0.15, 0.2) is 5.16 Å². The minimum atomic E-state index is 0.481. The summed E-state index contributed by atoms with van der Waals surface area (Å²) >= 11 is 7.40. The van der Waals surface area contributed by atoms with Gasteiger partial charge in [0.25, 0.3) is 0 Å². The van der Waals surface area contributed by atoms with Crippen molar-refractivity contribution in [3.8, 4) is 0 Å². The molecule has 0 aromatic carbocycles. The Morgan fingerprint density at radius 1 is 1.53 bits per heavy atom. The van der Waals surface area contributed by atoms with Gasteiger partial charge in [-0.1, -0.05) is 23.4 Å². The first-order chi connectivity index (χ1) is 7.29. The summed E-state index contributed by atoms with van der Waals surface area (Å²) in [6.07, 6.45) is 2.96. The van der Waals surface area contributed by atoms with Crippen LogP contribution in [0, 0.1) is 0 Å². The molecule has 0 N–H and O–H groups in total. The van der Waals surface area contributed by atoms with Crippen LogP contribution < -0.4 is 4.90 Å². The van der Waals surface area contributed by atoms with Gasteiger partial charge in [-0.25, -0.2) is 9.97 Å². The molecule has 6 heteroatoms. The molecule has 0 amide bonds. The summed E-state index contributed by atoms with van der Waals surface area (Å²) in [5.74, 6) is 0.846. The zero-order chi connectivity index (χ0) is 10.7. The van der Waals surface area contributed by atoms with Crippen LogP contribution >= 0.6 is 23.4 Å². The molecule has 0 spiro atoms. The van der Waals surface area contributed by atoms with E-state index in [0.29, 0.717) is 17.0 Å². The van der Waals surface area contributed by atoms with Crippen LogP contribution in [0.1, 0.15) is 6.42 Å². The molecule has 4 nitrogen and oxygen atoms in total. The van der Waals surface area contributed by atoms with Crippen molar-refractivity contribution in [2.75, 3.05) is 31.0 Å². The smallest absolute Gasteiger partial charge is 0.190 e. The molecule has 1 aromatic rings. The molecule has 0 unspecified atom stereocenters. The number of nitrogens with zero attached hydrogens (tertiary/aromatic N) is 3. The second kappa shape index (κ2) is 5.01. The molecule has 0 radical (unpaired) electrons. The predicted molar refractivity (Wildman–Crippen MR) is 61.6 cm³/mol. The van der Waals surface area contributed by atoms with Crippen molar-refractivity contribution in [1.82, 2.24) is 9.97 Å². The van der Waals surface area contributed by atoms with Crippen LogP contribution in [0.25, 0.3) is 0 Å². The van der Waals surface area contributed by atoms with E-state index in [2.05, 4.69) is 14.9 Å². The third kappa shape index (κ3) is 2.74. The number of hydrogen-bond donors (Lipinski definition) is 0. The van der Waals surface area contributed by atoms with E-state index >= 15 is 0 Å². The molecule has 0 aliphatic carbocycles. The highest BCUT2D eigenvalue weighted by Crippen LogP contribution is 2.21. The maximum atomic E-state index is 5.92. The Morgan fingerprint density at radius 3 is 3.07 bits per heavy atom. The van der Waals surface area contributed by atoms with Gasteiger partial charge in [-0.2, -0.15) is 0 Å². The fraction of sp³-hybridized carbons (Fsp3) is 0.556. The van der Waals surface area contributed by atoms with Gasteiger partial charge < -0.3 is 9.64 Å². The van der Waals surface area contributed by atoms with Gasteiger partial charge in [-0.05, 0) is 12.7 Å². The average Bonchev–Trinajstić information content (AvgIpc) is 2.29. The van der Waals surface area contributed by atoms with Gasteiger partial charge in [-0.15, -0.1) is 0 Å². The first kappa shape index (κ1) is 11.0. The van der Waals surface area contributed by atoms with Crippen molar-refractivity contribution < 1.29 is 4.74 Å². The highest BCUT2D eigenvalue weighted by molar-refractivity contribution is 7.98. The molecule has 2 heterocycles. The molecule has 15 heavy (non-hydrogen) atoms. The number of thioether (sulfide) groups is 1. The summed E-state index contributed by atoms with van der Waals surface area (Å²) in [4.78, 5) is 10.6. The standard InChI is InChI=1S/C9H12ClN3OS/c1-15-9-11-7(10)5-8(12-9)13-3-2-4-14-6-13/h5H,2-4,6H2,1H3.